The van der Waals surface area contributed by atoms with Crippen molar-refractivity contribution in [3.63, 3.8) is 0 Å². The summed E-state index contributed by atoms with van der Waals surface area (Å²) in [6, 6.07) is 1.98. The van der Waals surface area contributed by atoms with Crippen molar-refractivity contribution in [1.82, 2.24) is 19.9 Å². The normalized spacial score (nSPS) is 19.1. The van der Waals surface area contributed by atoms with Crippen molar-refractivity contribution in [2.45, 2.75) is 51.1 Å². The largest absolute Gasteiger partial charge is 0.350 e. The summed E-state index contributed by atoms with van der Waals surface area (Å²) in [5, 5.41) is 7.56. The second-order valence-corrected chi connectivity index (χ2v) is 8.21. The smallest absolute Gasteiger partial charge is 0.277 e. The van der Waals surface area contributed by atoms with Crippen molar-refractivity contribution >= 4 is 28.3 Å². The minimum Gasteiger partial charge on any atom is -0.350 e. The molecule has 1 saturated carbocycles. The number of carbonyl (C=O) groups is 1. The highest BCUT2D eigenvalue weighted by Gasteiger charge is 2.46. The predicted molar refractivity (Wildman–Crippen MR) is 106 cm³/mol. The number of anilines is 2. The SMILES string of the molecule is Cc1c2c(c(=O)n3c1C(=O)NC31CCCCC1)Nc1c(cnc3[nH]ccc13)C2. The fourth-order valence-electron chi connectivity index (χ4n) is 5.33. The number of nitrogens with zero attached hydrogens (tertiary/aromatic N) is 2. The van der Waals surface area contributed by atoms with Crippen LogP contribution in [0.25, 0.3) is 11.0 Å². The number of pyridine rings is 2. The highest BCUT2D eigenvalue weighted by atomic mass is 16.2. The summed E-state index contributed by atoms with van der Waals surface area (Å²) in [6.07, 6.45) is 9.12. The van der Waals surface area contributed by atoms with Gasteiger partial charge in [0.05, 0.1) is 5.69 Å². The second-order valence-electron chi connectivity index (χ2n) is 8.21. The summed E-state index contributed by atoms with van der Waals surface area (Å²) in [5.41, 5.74) is 5.05. The predicted octanol–water partition coefficient (Wildman–Crippen LogP) is 3.04. The Labute approximate surface area is 161 Å². The van der Waals surface area contributed by atoms with Gasteiger partial charge in [-0.3, -0.25) is 14.2 Å². The molecule has 0 unspecified atom stereocenters. The number of hydrogen-bond donors (Lipinski definition) is 3. The maximum Gasteiger partial charge on any atom is 0.277 e. The molecule has 3 N–H and O–H groups in total. The Morgan fingerprint density at radius 3 is 2.79 bits per heavy atom. The number of carbonyl (C=O) groups excluding carboxylic acids is 1. The average molecular weight is 375 g/mol. The first-order chi connectivity index (χ1) is 13.6. The topological polar surface area (TPSA) is 91.8 Å². The van der Waals surface area contributed by atoms with E-state index in [9.17, 15) is 9.59 Å². The van der Waals surface area contributed by atoms with Crippen LogP contribution in [0, 0.1) is 6.92 Å². The zero-order chi connectivity index (χ0) is 19.0. The van der Waals surface area contributed by atoms with Crippen LogP contribution in [-0.2, 0) is 12.1 Å². The number of aromatic nitrogens is 3. The van der Waals surface area contributed by atoms with Crippen molar-refractivity contribution in [2.24, 2.45) is 0 Å². The minimum atomic E-state index is -0.564. The molecule has 1 spiro atoms. The van der Waals surface area contributed by atoms with E-state index in [0.717, 1.165) is 65.5 Å². The summed E-state index contributed by atoms with van der Waals surface area (Å²) >= 11 is 0. The van der Waals surface area contributed by atoms with Crippen LogP contribution in [0.5, 0.6) is 0 Å². The molecule has 0 radical (unpaired) electrons. The highest BCUT2D eigenvalue weighted by Crippen LogP contribution is 2.41. The van der Waals surface area contributed by atoms with Gasteiger partial charge in [0.15, 0.2) is 0 Å². The monoisotopic (exact) mass is 375 g/mol. The molecule has 0 aromatic carbocycles. The third-order valence-corrected chi connectivity index (χ3v) is 6.70. The number of aromatic amines is 1. The minimum absolute atomic E-state index is 0.0954. The standard InChI is InChI=1S/C21H21N5O2/c1-11-14-9-12-10-23-18-13(5-8-22-18)15(12)24-16(14)20(28)26-17(11)19(27)25-21(26)6-3-2-4-7-21/h5,8,10,24H,2-4,6-7,9H2,1H3,(H,22,23)(H,25,27). The van der Waals surface area contributed by atoms with Crippen molar-refractivity contribution in [3.8, 4) is 0 Å². The van der Waals surface area contributed by atoms with Crippen LogP contribution >= 0.6 is 0 Å². The van der Waals surface area contributed by atoms with Crippen molar-refractivity contribution in [3.05, 3.63) is 51.2 Å². The molecule has 1 aliphatic carbocycles. The molecule has 2 aliphatic heterocycles. The van der Waals surface area contributed by atoms with Crippen molar-refractivity contribution in [2.75, 3.05) is 5.32 Å². The van der Waals surface area contributed by atoms with E-state index in [-0.39, 0.29) is 11.5 Å². The van der Waals surface area contributed by atoms with Gasteiger partial charge in [-0.1, -0.05) is 6.42 Å². The fourth-order valence-corrected chi connectivity index (χ4v) is 5.33. The first kappa shape index (κ1) is 15.9. The second kappa shape index (κ2) is 5.25. The first-order valence-electron chi connectivity index (χ1n) is 9.92. The molecule has 1 amide bonds. The molecule has 7 heteroatoms. The summed E-state index contributed by atoms with van der Waals surface area (Å²) in [4.78, 5) is 34.1. The molecule has 6 rings (SSSR count). The molecular weight excluding hydrogens is 354 g/mol. The first-order valence-corrected chi connectivity index (χ1v) is 9.92. The van der Waals surface area contributed by atoms with Crippen LogP contribution in [0.15, 0.2) is 23.3 Å². The summed E-state index contributed by atoms with van der Waals surface area (Å²) < 4.78 is 1.76. The number of nitrogens with one attached hydrogen (secondary N) is 3. The average Bonchev–Trinajstić information content (AvgIpc) is 3.28. The van der Waals surface area contributed by atoms with Crippen molar-refractivity contribution in [1.29, 1.82) is 0 Å². The van der Waals surface area contributed by atoms with E-state index in [1.807, 2.05) is 25.4 Å². The third kappa shape index (κ3) is 1.86. The van der Waals surface area contributed by atoms with Crippen LogP contribution in [0.4, 0.5) is 11.4 Å². The Kier molecular flexibility index (Phi) is 2.98. The van der Waals surface area contributed by atoms with Gasteiger partial charge in [-0.25, -0.2) is 4.98 Å². The molecule has 0 atom stereocenters. The van der Waals surface area contributed by atoms with E-state index in [0.29, 0.717) is 17.8 Å². The summed E-state index contributed by atoms with van der Waals surface area (Å²) in [5.74, 6) is -0.121. The van der Waals surface area contributed by atoms with E-state index >= 15 is 0 Å². The molecular formula is C21H21N5O2. The van der Waals surface area contributed by atoms with Gasteiger partial charge in [0.2, 0.25) is 0 Å². The fraction of sp³-hybridized carbons (Fsp3) is 0.381. The maximum atomic E-state index is 13.6. The lowest BCUT2D eigenvalue weighted by atomic mass is 9.88. The van der Waals surface area contributed by atoms with Crippen LogP contribution in [0.3, 0.4) is 0 Å². The molecule has 3 aromatic heterocycles. The van der Waals surface area contributed by atoms with Gasteiger partial charge in [0, 0.05) is 24.2 Å². The number of amides is 1. The summed E-state index contributed by atoms with van der Waals surface area (Å²) in [7, 11) is 0. The van der Waals surface area contributed by atoms with Gasteiger partial charge in [-0.15, -0.1) is 0 Å². The molecule has 3 aromatic rings. The Morgan fingerprint density at radius 1 is 1.14 bits per heavy atom. The number of rotatable bonds is 0. The van der Waals surface area contributed by atoms with E-state index < -0.39 is 5.66 Å². The lowest BCUT2D eigenvalue weighted by Crippen LogP contribution is -2.49. The molecule has 28 heavy (non-hydrogen) atoms. The molecule has 5 heterocycles. The van der Waals surface area contributed by atoms with Gasteiger partial charge in [-0.2, -0.15) is 0 Å². The highest BCUT2D eigenvalue weighted by molar-refractivity contribution is 5.99. The van der Waals surface area contributed by atoms with E-state index in [2.05, 4.69) is 20.6 Å². The van der Waals surface area contributed by atoms with Crippen LogP contribution < -0.4 is 16.2 Å². The number of H-pyrrole nitrogens is 1. The molecule has 0 bridgehead atoms. The van der Waals surface area contributed by atoms with E-state index in [4.69, 9.17) is 0 Å². The van der Waals surface area contributed by atoms with Crippen LogP contribution in [0.1, 0.15) is 59.3 Å². The molecule has 1 fully saturated rings. The lowest BCUT2D eigenvalue weighted by Gasteiger charge is -2.36. The summed E-state index contributed by atoms with van der Waals surface area (Å²) in [6.45, 7) is 1.96. The Hall–Kier alpha value is -3.09. The number of hydrogen-bond acceptors (Lipinski definition) is 4. The molecule has 3 aliphatic rings. The zero-order valence-corrected chi connectivity index (χ0v) is 15.7. The van der Waals surface area contributed by atoms with Gasteiger partial charge >= 0.3 is 0 Å². The quantitative estimate of drug-likeness (QED) is 0.440. The lowest BCUT2D eigenvalue weighted by molar-refractivity contribution is 0.0876. The van der Waals surface area contributed by atoms with Gasteiger partial charge in [0.25, 0.3) is 11.5 Å². The van der Waals surface area contributed by atoms with Gasteiger partial charge in [0.1, 0.15) is 22.7 Å². The van der Waals surface area contributed by atoms with Crippen LogP contribution in [-0.4, -0.2) is 20.4 Å². The zero-order valence-electron chi connectivity index (χ0n) is 15.7. The Balaban J connectivity index is 1.61. The van der Waals surface area contributed by atoms with Gasteiger partial charge in [-0.05, 0) is 55.4 Å². The maximum absolute atomic E-state index is 13.6. The van der Waals surface area contributed by atoms with E-state index in [1.54, 1.807) is 4.57 Å². The van der Waals surface area contributed by atoms with Crippen LogP contribution in [0.2, 0.25) is 0 Å². The Morgan fingerprint density at radius 2 is 1.96 bits per heavy atom. The molecule has 7 nitrogen and oxygen atoms in total. The van der Waals surface area contributed by atoms with Gasteiger partial charge < -0.3 is 15.6 Å². The number of fused-ring (bicyclic) bond motifs is 6. The van der Waals surface area contributed by atoms with Crippen molar-refractivity contribution < 1.29 is 4.79 Å². The Bertz CT molecular complexity index is 1230. The van der Waals surface area contributed by atoms with E-state index in [1.165, 1.54) is 0 Å². The molecule has 142 valence electrons. The third-order valence-electron chi connectivity index (χ3n) is 6.70. The molecule has 0 saturated heterocycles.